The fourth-order valence-corrected chi connectivity index (χ4v) is 2.59. The van der Waals surface area contributed by atoms with Crippen molar-refractivity contribution in [2.75, 3.05) is 18.4 Å². The van der Waals surface area contributed by atoms with E-state index >= 15 is 0 Å². The van der Waals surface area contributed by atoms with Crippen molar-refractivity contribution in [3.8, 4) is 11.8 Å². The monoisotopic (exact) mass is 334 g/mol. The number of nitrogens with one attached hydrogen (secondary N) is 1. The molecule has 0 saturated carbocycles. The summed E-state index contributed by atoms with van der Waals surface area (Å²) in [5.41, 5.74) is 2.16. The first-order valence-electron chi connectivity index (χ1n) is 8.07. The lowest BCUT2D eigenvalue weighted by atomic mass is 10.1. The van der Waals surface area contributed by atoms with Gasteiger partial charge in [-0.05, 0) is 36.8 Å². The largest absolute Gasteiger partial charge is 0.391 e. The highest BCUT2D eigenvalue weighted by Crippen LogP contribution is 2.12. The van der Waals surface area contributed by atoms with Crippen LogP contribution < -0.4 is 5.32 Å². The molecule has 2 aromatic carbocycles. The van der Waals surface area contributed by atoms with E-state index in [0.29, 0.717) is 18.7 Å². The Kier molecular flexibility index (Phi) is 5.12. The van der Waals surface area contributed by atoms with Gasteiger partial charge in [0.25, 0.3) is 0 Å². The van der Waals surface area contributed by atoms with Crippen LogP contribution in [0.3, 0.4) is 0 Å². The highest BCUT2D eigenvalue weighted by Gasteiger charge is 2.28. The SMILES string of the molecule is O=C(Nc1cccc(C#Cc2ccccc2)c1)C(=O)N1CC[C@@H](O)C1. The summed E-state index contributed by atoms with van der Waals surface area (Å²) in [6.07, 6.45) is -0.0443. The molecule has 126 valence electrons. The molecule has 3 rings (SSSR count). The van der Waals surface area contributed by atoms with Gasteiger partial charge >= 0.3 is 11.8 Å². The second-order valence-electron chi connectivity index (χ2n) is 5.84. The van der Waals surface area contributed by atoms with Gasteiger partial charge in [-0.1, -0.05) is 36.1 Å². The molecular weight excluding hydrogens is 316 g/mol. The number of aliphatic hydroxyl groups is 1. The van der Waals surface area contributed by atoms with E-state index in [1.807, 2.05) is 36.4 Å². The van der Waals surface area contributed by atoms with Crippen molar-refractivity contribution in [3.05, 3.63) is 65.7 Å². The zero-order valence-corrected chi connectivity index (χ0v) is 13.6. The van der Waals surface area contributed by atoms with E-state index in [1.165, 1.54) is 4.90 Å². The molecule has 5 heteroatoms. The number of benzene rings is 2. The molecule has 2 N–H and O–H groups in total. The molecule has 0 unspecified atom stereocenters. The molecule has 1 saturated heterocycles. The minimum Gasteiger partial charge on any atom is -0.391 e. The fraction of sp³-hybridized carbons (Fsp3) is 0.200. The third-order valence-electron chi connectivity index (χ3n) is 3.89. The Morgan fingerprint density at radius 2 is 1.76 bits per heavy atom. The summed E-state index contributed by atoms with van der Waals surface area (Å²) in [7, 11) is 0. The van der Waals surface area contributed by atoms with E-state index in [9.17, 15) is 14.7 Å². The molecular formula is C20H18N2O3. The van der Waals surface area contributed by atoms with Gasteiger partial charge in [0, 0.05) is 29.9 Å². The maximum absolute atomic E-state index is 12.1. The Balaban J connectivity index is 1.66. The molecule has 1 fully saturated rings. The molecule has 1 aliphatic heterocycles. The second-order valence-corrected chi connectivity index (χ2v) is 5.84. The molecule has 2 amide bonds. The van der Waals surface area contributed by atoms with E-state index in [0.717, 1.165) is 11.1 Å². The Morgan fingerprint density at radius 1 is 1.04 bits per heavy atom. The summed E-state index contributed by atoms with van der Waals surface area (Å²) >= 11 is 0. The van der Waals surface area contributed by atoms with Crippen molar-refractivity contribution in [2.24, 2.45) is 0 Å². The number of hydrogen-bond donors (Lipinski definition) is 2. The first kappa shape index (κ1) is 16.7. The third kappa shape index (κ3) is 4.46. The Hall–Kier alpha value is -3.10. The average molecular weight is 334 g/mol. The molecule has 0 aromatic heterocycles. The highest BCUT2D eigenvalue weighted by molar-refractivity contribution is 6.39. The molecule has 0 spiro atoms. The minimum atomic E-state index is -0.706. The highest BCUT2D eigenvalue weighted by atomic mass is 16.3. The lowest BCUT2D eigenvalue weighted by molar-refractivity contribution is -0.142. The van der Waals surface area contributed by atoms with Crippen molar-refractivity contribution in [2.45, 2.75) is 12.5 Å². The maximum Gasteiger partial charge on any atom is 0.313 e. The van der Waals surface area contributed by atoms with Gasteiger partial charge in [-0.3, -0.25) is 9.59 Å². The summed E-state index contributed by atoms with van der Waals surface area (Å²) in [6, 6.07) is 16.6. The van der Waals surface area contributed by atoms with Gasteiger partial charge in [0.05, 0.1) is 6.10 Å². The number of nitrogens with zero attached hydrogens (tertiary/aromatic N) is 1. The molecule has 0 aliphatic carbocycles. The van der Waals surface area contributed by atoms with Gasteiger partial charge in [-0.25, -0.2) is 0 Å². The number of likely N-dealkylation sites (tertiary alicyclic amines) is 1. The van der Waals surface area contributed by atoms with Crippen LogP contribution in [0.2, 0.25) is 0 Å². The van der Waals surface area contributed by atoms with E-state index in [2.05, 4.69) is 17.2 Å². The predicted molar refractivity (Wildman–Crippen MR) is 94.7 cm³/mol. The van der Waals surface area contributed by atoms with Crippen LogP contribution in [-0.4, -0.2) is 41.0 Å². The fourth-order valence-electron chi connectivity index (χ4n) is 2.59. The van der Waals surface area contributed by atoms with E-state index < -0.39 is 17.9 Å². The van der Waals surface area contributed by atoms with Gasteiger partial charge in [0.2, 0.25) is 0 Å². The number of carbonyl (C=O) groups is 2. The molecule has 25 heavy (non-hydrogen) atoms. The quantitative estimate of drug-likeness (QED) is 0.615. The average Bonchev–Trinajstić information content (AvgIpc) is 3.07. The van der Waals surface area contributed by atoms with Crippen LogP contribution >= 0.6 is 0 Å². The summed E-state index contributed by atoms with van der Waals surface area (Å²) in [5.74, 6) is 4.75. The number of β-amino-alcohol motifs (C(OH)–C–C–N with tert-alkyl or cyclic N) is 1. The summed E-state index contributed by atoms with van der Waals surface area (Å²) in [4.78, 5) is 25.5. The van der Waals surface area contributed by atoms with Crippen molar-refractivity contribution in [3.63, 3.8) is 0 Å². The first-order chi connectivity index (χ1) is 12.1. The van der Waals surface area contributed by atoms with Crippen LogP contribution in [0, 0.1) is 11.8 Å². The molecule has 0 bridgehead atoms. The van der Waals surface area contributed by atoms with Crippen molar-refractivity contribution in [1.29, 1.82) is 0 Å². The van der Waals surface area contributed by atoms with Gasteiger partial charge in [0.1, 0.15) is 0 Å². The van der Waals surface area contributed by atoms with E-state index in [4.69, 9.17) is 0 Å². The number of rotatable bonds is 1. The summed E-state index contributed by atoms with van der Waals surface area (Å²) in [5, 5.41) is 12.1. The Labute approximate surface area is 146 Å². The molecule has 2 aromatic rings. The predicted octanol–water partition coefficient (Wildman–Crippen LogP) is 1.62. The Morgan fingerprint density at radius 3 is 2.48 bits per heavy atom. The topological polar surface area (TPSA) is 69.6 Å². The minimum absolute atomic E-state index is 0.203. The lowest BCUT2D eigenvalue weighted by Crippen LogP contribution is -2.38. The zero-order chi connectivity index (χ0) is 17.6. The maximum atomic E-state index is 12.1. The molecule has 1 aliphatic rings. The van der Waals surface area contributed by atoms with Crippen molar-refractivity contribution < 1.29 is 14.7 Å². The number of carbonyl (C=O) groups excluding carboxylic acids is 2. The van der Waals surface area contributed by atoms with Gasteiger partial charge in [-0.2, -0.15) is 0 Å². The number of amides is 2. The van der Waals surface area contributed by atoms with Crippen LogP contribution in [0.15, 0.2) is 54.6 Å². The van der Waals surface area contributed by atoms with E-state index in [1.54, 1.807) is 18.2 Å². The van der Waals surface area contributed by atoms with Gasteiger partial charge < -0.3 is 15.3 Å². The second kappa shape index (κ2) is 7.65. The van der Waals surface area contributed by atoms with Crippen LogP contribution in [0.4, 0.5) is 5.69 Å². The van der Waals surface area contributed by atoms with Crippen molar-refractivity contribution in [1.82, 2.24) is 4.90 Å². The zero-order valence-electron chi connectivity index (χ0n) is 13.6. The summed E-state index contributed by atoms with van der Waals surface area (Å²) < 4.78 is 0. The standard InChI is InChI=1S/C20H18N2O3/c23-18-11-12-22(14-18)20(25)19(24)21-17-8-4-7-16(13-17)10-9-15-5-2-1-3-6-15/h1-8,13,18,23H,11-12,14H2,(H,21,24)/t18-/m1/s1. The summed E-state index contributed by atoms with van der Waals surface area (Å²) in [6.45, 7) is 0.602. The van der Waals surface area contributed by atoms with Crippen molar-refractivity contribution >= 4 is 17.5 Å². The molecule has 1 atom stereocenters. The van der Waals surface area contributed by atoms with Crippen LogP contribution in [0.1, 0.15) is 17.5 Å². The number of anilines is 1. The van der Waals surface area contributed by atoms with Crippen LogP contribution in [-0.2, 0) is 9.59 Å². The van der Waals surface area contributed by atoms with Crippen LogP contribution in [0.25, 0.3) is 0 Å². The normalized spacial score (nSPS) is 16.0. The van der Waals surface area contributed by atoms with Crippen LogP contribution in [0.5, 0.6) is 0 Å². The van der Waals surface area contributed by atoms with Gasteiger partial charge in [-0.15, -0.1) is 0 Å². The number of hydrogen-bond acceptors (Lipinski definition) is 3. The smallest absolute Gasteiger partial charge is 0.313 e. The number of aliphatic hydroxyl groups excluding tert-OH is 1. The first-order valence-corrected chi connectivity index (χ1v) is 8.07. The molecule has 0 radical (unpaired) electrons. The molecule has 1 heterocycles. The lowest BCUT2D eigenvalue weighted by Gasteiger charge is -2.14. The molecule has 5 nitrogen and oxygen atoms in total. The van der Waals surface area contributed by atoms with E-state index in [-0.39, 0.29) is 6.54 Å². The third-order valence-corrected chi connectivity index (χ3v) is 3.89. The van der Waals surface area contributed by atoms with Gasteiger partial charge in [0.15, 0.2) is 0 Å². The Bertz CT molecular complexity index is 837.